The second kappa shape index (κ2) is 6.00. The fraction of sp³-hybridized carbons (Fsp3) is 0.267. The summed E-state index contributed by atoms with van der Waals surface area (Å²) in [5.41, 5.74) is 6.21. The molecule has 0 atom stereocenters. The minimum absolute atomic E-state index is 0.201. The van der Waals surface area contributed by atoms with Gasteiger partial charge in [-0.1, -0.05) is 12.1 Å². The van der Waals surface area contributed by atoms with Crippen molar-refractivity contribution in [3.05, 3.63) is 41.0 Å². The van der Waals surface area contributed by atoms with Gasteiger partial charge in [-0.25, -0.2) is 4.79 Å². The predicted molar refractivity (Wildman–Crippen MR) is 79.9 cm³/mol. The van der Waals surface area contributed by atoms with Crippen LogP contribution in [-0.4, -0.2) is 12.6 Å². The molecule has 0 saturated carbocycles. The van der Waals surface area contributed by atoms with E-state index in [4.69, 9.17) is 10.5 Å². The van der Waals surface area contributed by atoms with Crippen molar-refractivity contribution in [2.24, 2.45) is 0 Å². The highest BCUT2D eigenvalue weighted by atomic mass is 32.1. The van der Waals surface area contributed by atoms with Gasteiger partial charge >= 0.3 is 12.1 Å². The molecule has 1 aromatic carbocycles. The van der Waals surface area contributed by atoms with Crippen LogP contribution in [0.15, 0.2) is 24.3 Å². The number of halogens is 3. The fourth-order valence-electron chi connectivity index (χ4n) is 2.11. The zero-order valence-corrected chi connectivity index (χ0v) is 12.8. The molecule has 0 aliphatic carbocycles. The van der Waals surface area contributed by atoms with E-state index in [1.807, 2.05) is 0 Å². The van der Waals surface area contributed by atoms with Crippen molar-refractivity contribution < 1.29 is 22.7 Å². The van der Waals surface area contributed by atoms with Gasteiger partial charge in [-0.15, -0.1) is 11.3 Å². The number of alkyl halides is 3. The zero-order chi connectivity index (χ0) is 16.5. The number of anilines is 1. The molecule has 0 bridgehead atoms. The maximum Gasteiger partial charge on any atom is 0.416 e. The van der Waals surface area contributed by atoms with Crippen LogP contribution in [0.4, 0.5) is 18.2 Å². The lowest BCUT2D eigenvalue weighted by molar-refractivity contribution is -0.137. The Morgan fingerprint density at radius 3 is 2.64 bits per heavy atom. The smallest absolute Gasteiger partial charge is 0.416 e. The Hall–Kier alpha value is -2.02. The van der Waals surface area contributed by atoms with Gasteiger partial charge < -0.3 is 10.5 Å². The summed E-state index contributed by atoms with van der Waals surface area (Å²) in [6, 6.07) is 4.94. The number of hydrogen-bond acceptors (Lipinski definition) is 4. The highest BCUT2D eigenvalue weighted by Crippen LogP contribution is 2.40. The average Bonchev–Trinajstić information content (AvgIpc) is 2.73. The first-order valence-corrected chi connectivity index (χ1v) is 7.31. The van der Waals surface area contributed by atoms with Crippen molar-refractivity contribution in [1.29, 1.82) is 0 Å². The number of carbonyl (C=O) groups excluding carboxylic acids is 1. The molecule has 0 aliphatic rings. The lowest BCUT2D eigenvalue weighted by atomic mass is 10.0. The molecule has 0 unspecified atom stereocenters. The second-order valence-corrected chi connectivity index (χ2v) is 5.65. The summed E-state index contributed by atoms with van der Waals surface area (Å²) >= 11 is 1.08. The molecule has 0 spiro atoms. The third-order valence-corrected chi connectivity index (χ3v) is 4.28. The summed E-state index contributed by atoms with van der Waals surface area (Å²) in [6.45, 7) is 3.52. The highest BCUT2D eigenvalue weighted by Gasteiger charge is 2.31. The van der Waals surface area contributed by atoms with Crippen molar-refractivity contribution in [3.8, 4) is 10.4 Å². The fourth-order valence-corrected chi connectivity index (χ4v) is 3.16. The lowest BCUT2D eigenvalue weighted by Gasteiger charge is -2.08. The maximum absolute atomic E-state index is 12.8. The summed E-state index contributed by atoms with van der Waals surface area (Å²) in [7, 11) is 0. The molecule has 7 heteroatoms. The normalized spacial score (nSPS) is 11.5. The lowest BCUT2D eigenvalue weighted by Crippen LogP contribution is -2.07. The third-order valence-electron chi connectivity index (χ3n) is 3.11. The van der Waals surface area contributed by atoms with Crippen molar-refractivity contribution in [2.45, 2.75) is 20.0 Å². The largest absolute Gasteiger partial charge is 0.462 e. The van der Waals surface area contributed by atoms with Crippen molar-refractivity contribution in [3.63, 3.8) is 0 Å². The number of ether oxygens (including phenoxy) is 1. The molecular formula is C15H14F3NO2S. The van der Waals surface area contributed by atoms with Crippen LogP contribution >= 0.6 is 11.3 Å². The minimum atomic E-state index is -4.42. The molecule has 0 saturated heterocycles. The number of carbonyl (C=O) groups is 1. The van der Waals surface area contributed by atoms with E-state index in [0.29, 0.717) is 16.0 Å². The number of thiophene rings is 1. The van der Waals surface area contributed by atoms with Crippen LogP contribution in [0, 0.1) is 6.92 Å². The van der Waals surface area contributed by atoms with Gasteiger partial charge in [-0.3, -0.25) is 0 Å². The van der Waals surface area contributed by atoms with E-state index in [-0.39, 0.29) is 17.2 Å². The molecule has 1 aromatic heterocycles. The Morgan fingerprint density at radius 1 is 1.36 bits per heavy atom. The van der Waals surface area contributed by atoms with Crippen LogP contribution in [0.1, 0.15) is 28.4 Å². The number of esters is 1. The highest BCUT2D eigenvalue weighted by molar-refractivity contribution is 7.19. The molecule has 0 radical (unpaired) electrons. The van der Waals surface area contributed by atoms with Crippen LogP contribution in [0.3, 0.4) is 0 Å². The molecule has 0 amide bonds. The zero-order valence-electron chi connectivity index (χ0n) is 12.0. The van der Waals surface area contributed by atoms with Gasteiger partial charge in [-0.2, -0.15) is 13.2 Å². The van der Waals surface area contributed by atoms with E-state index < -0.39 is 17.7 Å². The summed E-state index contributed by atoms with van der Waals surface area (Å²) < 4.78 is 43.3. The van der Waals surface area contributed by atoms with Crippen LogP contribution < -0.4 is 5.73 Å². The van der Waals surface area contributed by atoms with E-state index in [0.717, 1.165) is 23.5 Å². The number of nitrogens with two attached hydrogens (primary N) is 1. The predicted octanol–water partition coefficient (Wildman–Crippen LogP) is 4.50. The Morgan fingerprint density at radius 2 is 2.05 bits per heavy atom. The van der Waals surface area contributed by atoms with E-state index in [2.05, 4.69) is 0 Å². The van der Waals surface area contributed by atoms with Crippen molar-refractivity contribution >= 4 is 22.3 Å². The van der Waals surface area contributed by atoms with Crippen LogP contribution in [0.5, 0.6) is 0 Å². The first-order chi connectivity index (χ1) is 10.3. The van der Waals surface area contributed by atoms with E-state index in [9.17, 15) is 18.0 Å². The van der Waals surface area contributed by atoms with Gasteiger partial charge in [0, 0.05) is 4.88 Å². The number of rotatable bonds is 3. The van der Waals surface area contributed by atoms with Crippen LogP contribution in [0.25, 0.3) is 10.4 Å². The van der Waals surface area contributed by atoms with E-state index in [1.54, 1.807) is 19.9 Å². The van der Waals surface area contributed by atoms with Gasteiger partial charge in [-0.05, 0) is 37.1 Å². The Balaban J connectivity index is 2.51. The third kappa shape index (κ3) is 3.09. The first kappa shape index (κ1) is 16.4. The van der Waals surface area contributed by atoms with Gasteiger partial charge in [0.25, 0.3) is 0 Å². The molecule has 0 fully saturated rings. The Kier molecular flexibility index (Phi) is 4.46. The Bertz CT molecular complexity index is 707. The summed E-state index contributed by atoms with van der Waals surface area (Å²) in [6.07, 6.45) is -4.42. The van der Waals surface area contributed by atoms with Gasteiger partial charge in [0.15, 0.2) is 0 Å². The number of hydrogen-bond donors (Lipinski definition) is 1. The molecule has 1 heterocycles. The van der Waals surface area contributed by atoms with E-state index in [1.165, 1.54) is 6.07 Å². The van der Waals surface area contributed by atoms with Crippen LogP contribution in [-0.2, 0) is 10.9 Å². The van der Waals surface area contributed by atoms with Gasteiger partial charge in [0.2, 0.25) is 0 Å². The second-order valence-electron chi connectivity index (χ2n) is 4.59. The van der Waals surface area contributed by atoms with Crippen LogP contribution in [0.2, 0.25) is 0 Å². The summed E-state index contributed by atoms with van der Waals surface area (Å²) in [5.74, 6) is -0.563. The van der Waals surface area contributed by atoms with Gasteiger partial charge in [0.05, 0.1) is 17.7 Å². The molecule has 2 N–H and O–H groups in total. The number of nitrogen functional groups attached to an aromatic ring is 1. The molecule has 22 heavy (non-hydrogen) atoms. The van der Waals surface area contributed by atoms with E-state index >= 15 is 0 Å². The maximum atomic E-state index is 12.8. The average molecular weight is 329 g/mol. The SMILES string of the molecule is CCOC(=O)c1c(N)sc(-c2cccc(C(F)(F)F)c2)c1C. The summed E-state index contributed by atoms with van der Waals surface area (Å²) in [5, 5.41) is 0.239. The first-order valence-electron chi connectivity index (χ1n) is 6.49. The topological polar surface area (TPSA) is 52.3 Å². The Labute approximate surface area is 129 Å². The van der Waals surface area contributed by atoms with Gasteiger partial charge in [0.1, 0.15) is 5.00 Å². The standard InChI is InChI=1S/C15H14F3NO2S/c1-3-21-14(20)11-8(2)12(22-13(11)19)9-5-4-6-10(7-9)15(16,17)18/h4-7H,3,19H2,1-2H3. The van der Waals surface area contributed by atoms with Crippen molar-refractivity contribution in [1.82, 2.24) is 0 Å². The van der Waals surface area contributed by atoms with Crippen molar-refractivity contribution in [2.75, 3.05) is 12.3 Å². The molecular weight excluding hydrogens is 315 g/mol. The molecule has 0 aliphatic heterocycles. The molecule has 118 valence electrons. The number of benzene rings is 1. The summed E-state index contributed by atoms with van der Waals surface area (Å²) in [4.78, 5) is 12.4. The molecule has 2 rings (SSSR count). The molecule has 3 nitrogen and oxygen atoms in total. The quantitative estimate of drug-likeness (QED) is 0.844. The minimum Gasteiger partial charge on any atom is -0.462 e. The monoisotopic (exact) mass is 329 g/mol. The molecule has 2 aromatic rings.